The Morgan fingerprint density at radius 3 is 2.52 bits per heavy atom. The van der Waals surface area contributed by atoms with E-state index in [1.54, 1.807) is 22.6 Å². The van der Waals surface area contributed by atoms with E-state index in [-0.39, 0.29) is 0 Å². The van der Waals surface area contributed by atoms with Gasteiger partial charge in [-0.15, -0.1) is 15.3 Å². The zero-order valence-corrected chi connectivity index (χ0v) is 15.1. The molecule has 0 bridgehead atoms. The van der Waals surface area contributed by atoms with Crippen molar-refractivity contribution in [1.29, 1.82) is 0 Å². The number of nitrogens with zero attached hydrogens (tertiary/aromatic N) is 8. The van der Waals surface area contributed by atoms with E-state index in [0.717, 1.165) is 60.7 Å². The van der Waals surface area contributed by atoms with Gasteiger partial charge in [0.2, 0.25) is 0 Å². The van der Waals surface area contributed by atoms with Crippen molar-refractivity contribution >= 4 is 29.0 Å². The first-order valence-corrected chi connectivity index (χ1v) is 9.58. The van der Waals surface area contributed by atoms with E-state index in [1.807, 2.05) is 18.4 Å². The number of aromatic nitrogens is 6. The lowest BCUT2D eigenvalue weighted by Crippen LogP contribution is -2.47. The largest absolute Gasteiger partial charge is 0.353 e. The molecule has 0 aromatic carbocycles. The second-order valence-electron chi connectivity index (χ2n) is 5.86. The predicted molar refractivity (Wildman–Crippen MR) is 98.4 cm³/mol. The average Bonchev–Trinajstić information content (AvgIpc) is 3.15. The molecule has 25 heavy (non-hydrogen) atoms. The highest BCUT2D eigenvalue weighted by Crippen LogP contribution is 2.21. The van der Waals surface area contributed by atoms with Gasteiger partial charge in [0.1, 0.15) is 18.0 Å². The first-order chi connectivity index (χ1) is 12.3. The minimum absolute atomic E-state index is 0.764. The molecule has 4 heterocycles. The van der Waals surface area contributed by atoms with Gasteiger partial charge in [-0.2, -0.15) is 4.52 Å². The molecule has 8 nitrogen and oxygen atoms in total. The first kappa shape index (κ1) is 16.1. The molecule has 0 atom stereocenters. The van der Waals surface area contributed by atoms with Crippen LogP contribution in [0.25, 0.3) is 5.65 Å². The minimum Gasteiger partial charge on any atom is -0.353 e. The lowest BCUT2D eigenvalue weighted by Gasteiger charge is -2.36. The van der Waals surface area contributed by atoms with Crippen molar-refractivity contribution in [2.75, 3.05) is 42.2 Å². The molecule has 1 aliphatic rings. The van der Waals surface area contributed by atoms with Gasteiger partial charge in [0.25, 0.3) is 0 Å². The number of hydrogen-bond donors (Lipinski definition) is 0. The molecule has 9 heteroatoms. The average molecular weight is 356 g/mol. The summed E-state index contributed by atoms with van der Waals surface area (Å²) in [4.78, 5) is 13.8. The van der Waals surface area contributed by atoms with Crippen molar-refractivity contribution < 1.29 is 0 Å². The monoisotopic (exact) mass is 356 g/mol. The fourth-order valence-electron chi connectivity index (χ4n) is 2.95. The molecule has 0 saturated carbocycles. The quantitative estimate of drug-likeness (QED) is 0.515. The number of fused-ring (bicyclic) bond motifs is 1. The van der Waals surface area contributed by atoms with Crippen LogP contribution in [-0.2, 0) is 6.42 Å². The van der Waals surface area contributed by atoms with E-state index in [9.17, 15) is 0 Å². The van der Waals surface area contributed by atoms with Gasteiger partial charge < -0.3 is 9.80 Å². The summed E-state index contributed by atoms with van der Waals surface area (Å²) in [5.41, 5.74) is 1.86. The maximum Gasteiger partial charge on any atom is 0.189 e. The molecule has 0 spiro atoms. The van der Waals surface area contributed by atoms with Crippen LogP contribution in [0.5, 0.6) is 0 Å². The van der Waals surface area contributed by atoms with Crippen LogP contribution in [0.2, 0.25) is 0 Å². The second-order valence-corrected chi connectivity index (χ2v) is 6.63. The summed E-state index contributed by atoms with van der Waals surface area (Å²) in [6.45, 7) is 5.76. The van der Waals surface area contributed by atoms with Crippen LogP contribution in [0.4, 0.5) is 11.6 Å². The summed E-state index contributed by atoms with van der Waals surface area (Å²) in [7, 11) is 0. The van der Waals surface area contributed by atoms with Gasteiger partial charge in [0.15, 0.2) is 10.8 Å². The van der Waals surface area contributed by atoms with Crippen molar-refractivity contribution in [2.45, 2.75) is 18.5 Å². The number of anilines is 2. The minimum atomic E-state index is 0.764. The third kappa shape index (κ3) is 3.23. The van der Waals surface area contributed by atoms with E-state index in [0.29, 0.717) is 0 Å². The lowest BCUT2D eigenvalue weighted by atomic mass is 10.2. The van der Waals surface area contributed by atoms with Crippen molar-refractivity contribution in [3.63, 3.8) is 0 Å². The van der Waals surface area contributed by atoms with E-state index >= 15 is 0 Å². The molecular weight excluding hydrogens is 336 g/mol. The SMILES string of the molecule is CCc1cc(N2CCN(c3ccc4nncn4n3)CC2)nc(SC)n1. The van der Waals surface area contributed by atoms with E-state index in [4.69, 9.17) is 0 Å². The third-order valence-corrected chi connectivity index (χ3v) is 4.91. The third-order valence-electron chi connectivity index (χ3n) is 4.37. The summed E-state index contributed by atoms with van der Waals surface area (Å²) in [6, 6.07) is 6.06. The Morgan fingerprint density at radius 2 is 1.80 bits per heavy atom. The van der Waals surface area contributed by atoms with Gasteiger partial charge in [-0.25, -0.2) is 9.97 Å². The molecule has 0 N–H and O–H groups in total. The standard InChI is InChI=1S/C16H20N8S/c1-3-12-10-15(19-16(18-12)25-2)23-8-6-22(7-9-23)14-5-4-13-20-17-11-24(13)21-14/h4-5,10-11H,3,6-9H2,1-2H3. The maximum atomic E-state index is 4.68. The molecule has 0 radical (unpaired) electrons. The zero-order chi connectivity index (χ0) is 17.2. The first-order valence-electron chi connectivity index (χ1n) is 8.35. The molecule has 0 aliphatic carbocycles. The number of aryl methyl sites for hydroxylation is 1. The predicted octanol–water partition coefficient (Wildman–Crippen LogP) is 1.53. The smallest absolute Gasteiger partial charge is 0.189 e. The zero-order valence-electron chi connectivity index (χ0n) is 14.3. The normalized spacial score (nSPS) is 15.1. The summed E-state index contributed by atoms with van der Waals surface area (Å²) in [5.74, 6) is 1.98. The van der Waals surface area contributed by atoms with Crippen LogP contribution >= 0.6 is 11.8 Å². The van der Waals surface area contributed by atoms with Gasteiger partial charge >= 0.3 is 0 Å². The molecular formula is C16H20N8S. The lowest BCUT2D eigenvalue weighted by molar-refractivity contribution is 0.631. The molecule has 1 saturated heterocycles. The number of rotatable bonds is 4. The van der Waals surface area contributed by atoms with Crippen LogP contribution in [0.1, 0.15) is 12.6 Å². The van der Waals surface area contributed by atoms with Gasteiger partial charge in [0.05, 0.1) is 0 Å². The van der Waals surface area contributed by atoms with E-state index in [2.05, 4.69) is 48.1 Å². The molecule has 4 rings (SSSR count). The van der Waals surface area contributed by atoms with Gasteiger partial charge in [-0.05, 0) is 24.8 Å². The Morgan fingerprint density at radius 1 is 1.04 bits per heavy atom. The Balaban J connectivity index is 1.49. The molecule has 0 unspecified atom stereocenters. The Kier molecular flexibility index (Phi) is 4.39. The van der Waals surface area contributed by atoms with E-state index < -0.39 is 0 Å². The summed E-state index contributed by atoms with van der Waals surface area (Å²) >= 11 is 1.59. The summed E-state index contributed by atoms with van der Waals surface area (Å²) < 4.78 is 1.71. The highest BCUT2D eigenvalue weighted by atomic mass is 32.2. The number of thioether (sulfide) groups is 1. The topological polar surface area (TPSA) is 75.3 Å². The number of piperazine rings is 1. The second kappa shape index (κ2) is 6.83. The molecule has 130 valence electrons. The van der Waals surface area contributed by atoms with Crippen LogP contribution in [0.3, 0.4) is 0 Å². The molecule has 3 aromatic rings. The Bertz CT molecular complexity index is 849. The highest BCUT2D eigenvalue weighted by Gasteiger charge is 2.20. The maximum absolute atomic E-state index is 4.68. The van der Waals surface area contributed by atoms with Crippen molar-refractivity contribution in [3.05, 3.63) is 30.2 Å². The number of hydrogen-bond acceptors (Lipinski definition) is 8. The molecule has 0 amide bonds. The van der Waals surface area contributed by atoms with Crippen molar-refractivity contribution in [2.24, 2.45) is 0 Å². The molecule has 1 fully saturated rings. The molecule has 1 aliphatic heterocycles. The fraction of sp³-hybridized carbons (Fsp3) is 0.438. The van der Waals surface area contributed by atoms with E-state index in [1.165, 1.54) is 0 Å². The van der Waals surface area contributed by atoms with Gasteiger partial charge in [-0.1, -0.05) is 18.7 Å². The summed E-state index contributed by atoms with van der Waals surface area (Å²) in [5, 5.41) is 13.3. The fourth-order valence-corrected chi connectivity index (χ4v) is 3.34. The van der Waals surface area contributed by atoms with Crippen LogP contribution in [-0.4, -0.2) is 62.2 Å². The Hall–Kier alpha value is -2.42. The van der Waals surface area contributed by atoms with Crippen molar-refractivity contribution in [1.82, 2.24) is 29.8 Å². The Labute approximate surface area is 150 Å². The van der Waals surface area contributed by atoms with Gasteiger partial charge in [0, 0.05) is 37.9 Å². The van der Waals surface area contributed by atoms with Crippen LogP contribution < -0.4 is 9.80 Å². The van der Waals surface area contributed by atoms with Crippen molar-refractivity contribution in [3.8, 4) is 0 Å². The van der Waals surface area contributed by atoms with Crippen LogP contribution in [0.15, 0.2) is 29.7 Å². The van der Waals surface area contributed by atoms with Gasteiger partial charge in [-0.3, -0.25) is 0 Å². The molecule has 3 aromatic heterocycles. The van der Waals surface area contributed by atoms with Crippen LogP contribution in [0, 0.1) is 0 Å². The highest BCUT2D eigenvalue weighted by molar-refractivity contribution is 7.98. The summed E-state index contributed by atoms with van der Waals surface area (Å²) in [6.07, 6.45) is 4.57.